The molecule has 3 N–H and O–H groups in total. The smallest absolute Gasteiger partial charge is 0.325 e. The molecule has 92 valence electrons. The van der Waals surface area contributed by atoms with Crippen LogP contribution in [0.3, 0.4) is 0 Å². The van der Waals surface area contributed by atoms with Crippen LogP contribution in [0, 0.1) is 13.8 Å². The first-order valence-corrected chi connectivity index (χ1v) is 4.94. The minimum absolute atomic E-state index is 0.106. The van der Waals surface area contributed by atoms with Crippen molar-refractivity contribution < 1.29 is 14.7 Å². The van der Waals surface area contributed by atoms with Gasteiger partial charge in [0.15, 0.2) is 0 Å². The third-order valence-electron chi connectivity index (χ3n) is 2.42. The van der Waals surface area contributed by atoms with Crippen molar-refractivity contribution in [1.82, 2.24) is 15.5 Å². The number of H-pyrrole nitrogens is 1. The molecule has 0 saturated carbocycles. The molecule has 0 radical (unpaired) electrons. The van der Waals surface area contributed by atoms with Crippen LogP contribution in [0.15, 0.2) is 4.79 Å². The molecule has 0 aromatic carbocycles. The molecule has 17 heavy (non-hydrogen) atoms. The fourth-order valence-corrected chi connectivity index (χ4v) is 1.23. The van der Waals surface area contributed by atoms with Crippen LogP contribution in [0.4, 0.5) is 0 Å². The topological polar surface area (TPSA) is 112 Å². The van der Waals surface area contributed by atoms with Crippen molar-refractivity contribution in [3.05, 3.63) is 27.2 Å². The molecular weight excluding hydrogens is 226 g/mol. The highest BCUT2D eigenvalue weighted by Crippen LogP contribution is 2.04. The average Bonchev–Trinajstić information content (AvgIpc) is 2.24. The van der Waals surface area contributed by atoms with Gasteiger partial charge in [-0.2, -0.15) is 5.10 Å². The van der Waals surface area contributed by atoms with Crippen molar-refractivity contribution in [2.24, 2.45) is 0 Å². The first-order valence-electron chi connectivity index (χ1n) is 4.94. The van der Waals surface area contributed by atoms with Gasteiger partial charge in [-0.1, -0.05) is 0 Å². The number of aryl methyl sites for hydroxylation is 1. The van der Waals surface area contributed by atoms with Gasteiger partial charge in [0.1, 0.15) is 11.6 Å². The van der Waals surface area contributed by atoms with Crippen molar-refractivity contribution in [3.8, 4) is 0 Å². The van der Waals surface area contributed by atoms with E-state index < -0.39 is 23.5 Å². The minimum atomic E-state index is -1.17. The SMILES string of the molecule is Cc1n[nH]c(=O)c(C(=O)N[C@@H](C)C(=O)O)c1C. The van der Waals surface area contributed by atoms with Crippen LogP contribution < -0.4 is 10.9 Å². The van der Waals surface area contributed by atoms with Gasteiger partial charge >= 0.3 is 5.97 Å². The molecule has 1 heterocycles. The van der Waals surface area contributed by atoms with Crippen LogP contribution in [0.1, 0.15) is 28.5 Å². The highest BCUT2D eigenvalue weighted by Gasteiger charge is 2.20. The number of nitrogens with zero attached hydrogens (tertiary/aromatic N) is 1. The second kappa shape index (κ2) is 4.77. The van der Waals surface area contributed by atoms with E-state index in [0.717, 1.165) is 0 Å². The third-order valence-corrected chi connectivity index (χ3v) is 2.42. The summed E-state index contributed by atoms with van der Waals surface area (Å²) in [6, 6.07) is -1.06. The summed E-state index contributed by atoms with van der Waals surface area (Å²) in [7, 11) is 0. The zero-order chi connectivity index (χ0) is 13.2. The van der Waals surface area contributed by atoms with Gasteiger partial charge in [-0.15, -0.1) is 0 Å². The van der Waals surface area contributed by atoms with Crippen LogP contribution in [-0.4, -0.2) is 33.2 Å². The highest BCUT2D eigenvalue weighted by atomic mass is 16.4. The predicted molar refractivity (Wildman–Crippen MR) is 58.9 cm³/mol. The zero-order valence-electron chi connectivity index (χ0n) is 9.70. The fourth-order valence-electron chi connectivity index (χ4n) is 1.23. The molecule has 0 bridgehead atoms. The first-order chi connectivity index (χ1) is 7.84. The molecule has 1 rings (SSSR count). The lowest BCUT2D eigenvalue weighted by atomic mass is 10.1. The maximum Gasteiger partial charge on any atom is 0.325 e. The lowest BCUT2D eigenvalue weighted by Crippen LogP contribution is -2.41. The summed E-state index contributed by atoms with van der Waals surface area (Å²) in [6.07, 6.45) is 0. The van der Waals surface area contributed by atoms with Crippen LogP contribution in [0.25, 0.3) is 0 Å². The number of carbonyl (C=O) groups excluding carboxylic acids is 1. The molecule has 0 aliphatic rings. The lowest BCUT2D eigenvalue weighted by Gasteiger charge is -2.10. The monoisotopic (exact) mass is 239 g/mol. The summed E-state index contributed by atoms with van der Waals surface area (Å²) in [5.74, 6) is -1.89. The zero-order valence-corrected chi connectivity index (χ0v) is 9.70. The normalized spacial score (nSPS) is 11.9. The molecule has 1 atom stereocenters. The second-order valence-electron chi connectivity index (χ2n) is 3.67. The van der Waals surface area contributed by atoms with E-state index in [4.69, 9.17) is 5.11 Å². The predicted octanol–water partition coefficient (Wildman–Crippen LogP) is -0.410. The number of hydrogen-bond acceptors (Lipinski definition) is 4. The van der Waals surface area contributed by atoms with E-state index in [1.54, 1.807) is 13.8 Å². The Balaban J connectivity index is 3.09. The molecule has 0 aliphatic carbocycles. The van der Waals surface area contributed by atoms with Gasteiger partial charge < -0.3 is 10.4 Å². The Morgan fingerprint density at radius 1 is 1.41 bits per heavy atom. The number of carbonyl (C=O) groups is 2. The summed E-state index contributed by atoms with van der Waals surface area (Å²) in [5.41, 5.74) is 0.204. The molecule has 0 spiro atoms. The summed E-state index contributed by atoms with van der Waals surface area (Å²) >= 11 is 0. The fraction of sp³-hybridized carbons (Fsp3) is 0.400. The van der Waals surface area contributed by atoms with Crippen molar-refractivity contribution in [2.45, 2.75) is 26.8 Å². The Morgan fingerprint density at radius 2 is 2.00 bits per heavy atom. The van der Waals surface area contributed by atoms with Gasteiger partial charge in [0.25, 0.3) is 11.5 Å². The molecule has 0 unspecified atom stereocenters. The second-order valence-corrected chi connectivity index (χ2v) is 3.67. The van der Waals surface area contributed by atoms with Crippen LogP contribution in [-0.2, 0) is 4.79 Å². The molecule has 1 aromatic heterocycles. The molecule has 7 nitrogen and oxygen atoms in total. The number of aliphatic carboxylic acids is 1. The number of aromatic nitrogens is 2. The van der Waals surface area contributed by atoms with Gasteiger partial charge in [-0.25, -0.2) is 5.10 Å². The van der Waals surface area contributed by atoms with Crippen molar-refractivity contribution in [2.75, 3.05) is 0 Å². The average molecular weight is 239 g/mol. The number of carboxylic acid groups (broad SMARTS) is 1. The first kappa shape index (κ1) is 12.9. The Hall–Kier alpha value is -2.18. The van der Waals surface area contributed by atoms with Crippen LogP contribution in [0.2, 0.25) is 0 Å². The molecule has 7 heteroatoms. The Morgan fingerprint density at radius 3 is 2.53 bits per heavy atom. The maximum atomic E-state index is 11.7. The Kier molecular flexibility index (Phi) is 3.62. The standard InChI is InChI=1S/C10H13N3O4/c1-4-5(2)12-13-9(15)7(4)8(14)11-6(3)10(16)17/h6H,1-3H3,(H,11,14)(H,13,15)(H,16,17)/t6-/m0/s1. The summed E-state index contributed by atoms with van der Waals surface area (Å²) < 4.78 is 0. The molecule has 0 aliphatic heterocycles. The number of nitrogens with one attached hydrogen (secondary N) is 2. The van der Waals surface area contributed by atoms with Gasteiger partial charge in [-0.05, 0) is 26.3 Å². The number of rotatable bonds is 3. The number of carboxylic acids is 1. The summed E-state index contributed by atoms with van der Waals surface area (Å²) in [4.78, 5) is 33.8. The molecular formula is C10H13N3O4. The van der Waals surface area contributed by atoms with E-state index in [2.05, 4.69) is 15.5 Å². The van der Waals surface area contributed by atoms with Crippen LogP contribution in [0.5, 0.6) is 0 Å². The van der Waals surface area contributed by atoms with E-state index >= 15 is 0 Å². The van der Waals surface area contributed by atoms with Crippen molar-refractivity contribution in [1.29, 1.82) is 0 Å². The molecule has 1 aromatic rings. The number of hydrogen-bond donors (Lipinski definition) is 3. The summed E-state index contributed by atoms with van der Waals surface area (Å²) in [6.45, 7) is 4.54. The van der Waals surface area contributed by atoms with E-state index in [-0.39, 0.29) is 5.56 Å². The Bertz CT molecular complexity index is 521. The lowest BCUT2D eigenvalue weighted by molar-refractivity contribution is -0.138. The van der Waals surface area contributed by atoms with E-state index in [9.17, 15) is 14.4 Å². The van der Waals surface area contributed by atoms with Crippen molar-refractivity contribution in [3.63, 3.8) is 0 Å². The quantitative estimate of drug-likeness (QED) is 0.663. The number of amides is 1. The minimum Gasteiger partial charge on any atom is -0.480 e. The van der Waals surface area contributed by atoms with Gasteiger partial charge in [-0.3, -0.25) is 14.4 Å². The molecule has 0 fully saturated rings. The highest BCUT2D eigenvalue weighted by molar-refractivity contribution is 5.97. The largest absolute Gasteiger partial charge is 0.480 e. The molecule has 0 saturated heterocycles. The van der Waals surface area contributed by atoms with E-state index in [1.807, 2.05) is 0 Å². The summed E-state index contributed by atoms with van der Waals surface area (Å²) in [5, 5.41) is 16.8. The van der Waals surface area contributed by atoms with Gasteiger partial charge in [0.2, 0.25) is 0 Å². The van der Waals surface area contributed by atoms with Crippen molar-refractivity contribution >= 4 is 11.9 Å². The maximum absolute atomic E-state index is 11.7. The van der Waals surface area contributed by atoms with E-state index in [0.29, 0.717) is 11.3 Å². The van der Waals surface area contributed by atoms with Gasteiger partial charge in [0.05, 0.1) is 5.69 Å². The Labute approximate surface area is 96.9 Å². The molecule has 1 amide bonds. The van der Waals surface area contributed by atoms with E-state index in [1.165, 1.54) is 6.92 Å². The third kappa shape index (κ3) is 2.68. The van der Waals surface area contributed by atoms with Gasteiger partial charge in [0, 0.05) is 0 Å². The van der Waals surface area contributed by atoms with Crippen LogP contribution >= 0.6 is 0 Å². The number of aromatic amines is 1.